The highest BCUT2D eigenvalue weighted by Crippen LogP contribution is 2.24. The minimum absolute atomic E-state index is 0.148. The van der Waals surface area contributed by atoms with E-state index in [1.54, 1.807) is 66.0 Å². The number of thiophene rings is 1. The third-order valence-corrected chi connectivity index (χ3v) is 7.37. The Morgan fingerprint density at radius 1 is 1.04 bits per heavy atom. The Kier molecular flexibility index (Phi) is 6.43. The van der Waals surface area contributed by atoms with Crippen molar-refractivity contribution in [2.45, 2.75) is 9.10 Å². The maximum atomic E-state index is 12.2. The highest BCUT2D eigenvalue weighted by atomic mass is 35.5. The molecule has 0 saturated heterocycles. The molecule has 0 spiro atoms. The van der Waals surface area contributed by atoms with Crippen molar-refractivity contribution >= 4 is 62.0 Å². The van der Waals surface area contributed by atoms with Gasteiger partial charge in [0.2, 0.25) is 5.91 Å². The molecule has 0 atom stereocenters. The fourth-order valence-electron chi connectivity index (χ4n) is 2.15. The van der Waals surface area contributed by atoms with Crippen molar-refractivity contribution in [3.8, 4) is 0 Å². The number of amides is 1. The number of thioether (sulfide) groups is 1. The van der Waals surface area contributed by atoms with E-state index in [2.05, 4.69) is 10.0 Å². The summed E-state index contributed by atoms with van der Waals surface area (Å²) in [5, 5.41) is 5.04. The zero-order valence-electron chi connectivity index (χ0n) is 13.9. The van der Waals surface area contributed by atoms with Crippen LogP contribution in [0.5, 0.6) is 0 Å². The van der Waals surface area contributed by atoms with Crippen LogP contribution in [0.1, 0.15) is 0 Å². The number of carbonyl (C=O) groups is 1. The van der Waals surface area contributed by atoms with Crippen LogP contribution in [0.25, 0.3) is 0 Å². The van der Waals surface area contributed by atoms with Crippen molar-refractivity contribution in [2.24, 2.45) is 0 Å². The van der Waals surface area contributed by atoms with E-state index >= 15 is 0 Å². The van der Waals surface area contributed by atoms with Gasteiger partial charge in [-0.25, -0.2) is 8.42 Å². The molecule has 140 valence electrons. The lowest BCUT2D eigenvalue weighted by Crippen LogP contribution is -2.13. The standard InChI is InChI=1S/C18H15ClN2O3S3/c19-13-3-1-4-15(11-13)20-17(22)12-26-16-8-6-14(7-9-16)21-27(23,24)18-5-2-10-25-18/h1-11,21H,12H2,(H,20,22). The second-order valence-electron chi connectivity index (χ2n) is 5.41. The molecule has 3 aromatic rings. The topological polar surface area (TPSA) is 75.3 Å². The van der Waals surface area contributed by atoms with Gasteiger partial charge in [0.25, 0.3) is 10.0 Å². The van der Waals surface area contributed by atoms with Crippen LogP contribution in [-0.2, 0) is 14.8 Å². The smallest absolute Gasteiger partial charge is 0.271 e. The van der Waals surface area contributed by atoms with Gasteiger partial charge in [-0.2, -0.15) is 0 Å². The zero-order chi connectivity index (χ0) is 19.3. The summed E-state index contributed by atoms with van der Waals surface area (Å²) in [6.07, 6.45) is 0. The van der Waals surface area contributed by atoms with E-state index in [-0.39, 0.29) is 15.9 Å². The molecule has 0 radical (unpaired) electrons. The average molecular weight is 439 g/mol. The van der Waals surface area contributed by atoms with E-state index in [0.717, 1.165) is 16.2 Å². The van der Waals surface area contributed by atoms with E-state index in [1.807, 2.05) is 0 Å². The first-order valence-corrected chi connectivity index (χ1v) is 11.5. The van der Waals surface area contributed by atoms with Crippen molar-refractivity contribution in [2.75, 3.05) is 15.8 Å². The molecule has 1 heterocycles. The molecule has 0 aliphatic heterocycles. The first kappa shape index (κ1) is 19.8. The van der Waals surface area contributed by atoms with Gasteiger partial charge >= 0.3 is 0 Å². The summed E-state index contributed by atoms with van der Waals surface area (Å²) in [6, 6.07) is 17.1. The fraction of sp³-hybridized carbons (Fsp3) is 0.0556. The van der Waals surface area contributed by atoms with Gasteiger partial charge in [0, 0.05) is 21.3 Å². The van der Waals surface area contributed by atoms with Gasteiger partial charge in [-0.1, -0.05) is 23.7 Å². The SMILES string of the molecule is O=C(CSc1ccc(NS(=O)(=O)c2cccs2)cc1)Nc1cccc(Cl)c1. The lowest BCUT2D eigenvalue weighted by molar-refractivity contribution is -0.113. The maximum absolute atomic E-state index is 12.2. The van der Waals surface area contributed by atoms with E-state index in [9.17, 15) is 13.2 Å². The van der Waals surface area contributed by atoms with Crippen LogP contribution >= 0.6 is 34.7 Å². The van der Waals surface area contributed by atoms with Gasteiger partial charge in [-0.05, 0) is 53.9 Å². The largest absolute Gasteiger partial charge is 0.325 e. The molecule has 0 aliphatic carbocycles. The second kappa shape index (κ2) is 8.79. The van der Waals surface area contributed by atoms with Crippen LogP contribution in [0.15, 0.2) is 75.1 Å². The normalized spacial score (nSPS) is 11.1. The quantitative estimate of drug-likeness (QED) is 0.512. The Morgan fingerprint density at radius 3 is 2.48 bits per heavy atom. The maximum Gasteiger partial charge on any atom is 0.271 e. The summed E-state index contributed by atoms with van der Waals surface area (Å²) in [6.45, 7) is 0. The van der Waals surface area contributed by atoms with Crippen molar-refractivity contribution < 1.29 is 13.2 Å². The monoisotopic (exact) mass is 438 g/mol. The van der Waals surface area contributed by atoms with Crippen LogP contribution in [0.4, 0.5) is 11.4 Å². The molecule has 5 nitrogen and oxygen atoms in total. The number of hydrogen-bond acceptors (Lipinski definition) is 5. The highest BCUT2D eigenvalue weighted by molar-refractivity contribution is 8.00. The summed E-state index contributed by atoms with van der Waals surface area (Å²) < 4.78 is 27.2. The minimum Gasteiger partial charge on any atom is -0.325 e. The zero-order valence-corrected chi connectivity index (χ0v) is 17.1. The van der Waals surface area contributed by atoms with Crippen LogP contribution in [0.2, 0.25) is 5.02 Å². The Bertz CT molecular complexity index is 1020. The van der Waals surface area contributed by atoms with Crippen LogP contribution in [0.3, 0.4) is 0 Å². The number of carbonyl (C=O) groups excluding carboxylic acids is 1. The number of benzene rings is 2. The summed E-state index contributed by atoms with van der Waals surface area (Å²) in [7, 11) is -3.56. The van der Waals surface area contributed by atoms with E-state index in [4.69, 9.17) is 11.6 Å². The molecule has 2 N–H and O–H groups in total. The lowest BCUT2D eigenvalue weighted by atomic mass is 10.3. The molecular weight excluding hydrogens is 424 g/mol. The minimum atomic E-state index is -3.56. The summed E-state index contributed by atoms with van der Waals surface area (Å²) in [4.78, 5) is 12.9. The number of nitrogens with one attached hydrogen (secondary N) is 2. The molecule has 0 bridgehead atoms. The van der Waals surface area contributed by atoms with E-state index in [0.29, 0.717) is 16.4 Å². The van der Waals surface area contributed by atoms with Crippen molar-refractivity contribution in [1.29, 1.82) is 0 Å². The Balaban J connectivity index is 1.54. The van der Waals surface area contributed by atoms with Crippen molar-refractivity contribution in [1.82, 2.24) is 0 Å². The third-order valence-electron chi connectivity index (χ3n) is 3.34. The Hall–Kier alpha value is -2.00. The summed E-state index contributed by atoms with van der Waals surface area (Å²) in [5.41, 5.74) is 1.11. The van der Waals surface area contributed by atoms with Gasteiger partial charge in [-0.15, -0.1) is 23.1 Å². The molecule has 27 heavy (non-hydrogen) atoms. The molecule has 2 aromatic carbocycles. The van der Waals surface area contributed by atoms with E-state index in [1.165, 1.54) is 11.8 Å². The number of hydrogen-bond donors (Lipinski definition) is 2. The fourth-order valence-corrected chi connectivity index (χ4v) is 5.09. The van der Waals surface area contributed by atoms with Gasteiger partial charge in [-0.3, -0.25) is 9.52 Å². The van der Waals surface area contributed by atoms with Crippen LogP contribution < -0.4 is 10.0 Å². The molecule has 3 rings (SSSR count). The molecule has 0 saturated carbocycles. The number of anilines is 2. The van der Waals surface area contributed by atoms with Gasteiger partial charge in [0.1, 0.15) is 4.21 Å². The van der Waals surface area contributed by atoms with Crippen molar-refractivity contribution in [3.63, 3.8) is 0 Å². The molecule has 0 fully saturated rings. The summed E-state index contributed by atoms with van der Waals surface area (Å²) in [5.74, 6) is 0.0806. The predicted octanol–water partition coefficient (Wildman–Crippen LogP) is 4.93. The molecule has 1 aromatic heterocycles. The van der Waals surface area contributed by atoms with Gasteiger partial charge < -0.3 is 5.32 Å². The average Bonchev–Trinajstić information content (AvgIpc) is 3.17. The first-order chi connectivity index (χ1) is 12.9. The van der Waals surface area contributed by atoms with Crippen LogP contribution in [0, 0.1) is 0 Å². The summed E-state index contributed by atoms with van der Waals surface area (Å²) >= 11 is 8.40. The molecular formula is C18H15ClN2O3S3. The second-order valence-corrected chi connectivity index (χ2v) is 9.75. The number of rotatable bonds is 7. The molecule has 0 unspecified atom stereocenters. The Morgan fingerprint density at radius 2 is 1.81 bits per heavy atom. The number of halogens is 1. The van der Waals surface area contributed by atoms with Crippen LogP contribution in [-0.4, -0.2) is 20.1 Å². The first-order valence-electron chi connectivity index (χ1n) is 7.77. The molecule has 0 aliphatic rings. The Labute approximate surface area is 170 Å². The molecule has 9 heteroatoms. The predicted molar refractivity (Wildman–Crippen MR) is 112 cm³/mol. The van der Waals surface area contributed by atoms with E-state index < -0.39 is 10.0 Å². The van der Waals surface area contributed by atoms with Gasteiger partial charge in [0.15, 0.2) is 0 Å². The number of sulfonamides is 1. The molecule has 1 amide bonds. The third kappa shape index (κ3) is 5.74. The van der Waals surface area contributed by atoms with Crippen molar-refractivity contribution in [3.05, 3.63) is 71.1 Å². The lowest BCUT2D eigenvalue weighted by Gasteiger charge is -2.08. The highest BCUT2D eigenvalue weighted by Gasteiger charge is 2.15. The van der Waals surface area contributed by atoms with Gasteiger partial charge in [0.05, 0.1) is 5.75 Å².